The van der Waals surface area contributed by atoms with Gasteiger partial charge in [-0.05, 0) is 42.3 Å². The van der Waals surface area contributed by atoms with Crippen molar-refractivity contribution in [2.75, 3.05) is 5.32 Å². The molecule has 10 nitrogen and oxygen atoms in total. The number of anilines is 1. The third-order valence-electron chi connectivity index (χ3n) is 5.31. The van der Waals surface area contributed by atoms with Gasteiger partial charge in [-0.1, -0.05) is 0 Å². The van der Waals surface area contributed by atoms with Crippen molar-refractivity contribution in [3.8, 4) is 0 Å². The molecule has 0 bridgehead atoms. The van der Waals surface area contributed by atoms with Crippen LogP contribution in [-0.4, -0.2) is 49.8 Å². The van der Waals surface area contributed by atoms with Crippen LogP contribution in [-0.2, 0) is 16.1 Å². The Labute approximate surface area is 169 Å². The molecule has 0 saturated carbocycles. The lowest BCUT2D eigenvalue weighted by atomic mass is 10.0. The average molecular weight is 404 g/mol. The van der Waals surface area contributed by atoms with Crippen LogP contribution in [0, 0.1) is 0 Å². The molecule has 0 radical (unpaired) electrons. The fourth-order valence-electron chi connectivity index (χ4n) is 3.80. The third-order valence-corrected chi connectivity index (χ3v) is 5.31. The molecular weight excluding hydrogens is 388 g/mol. The zero-order valence-electron chi connectivity index (χ0n) is 15.6. The maximum atomic E-state index is 12.7. The number of nitrogens with one attached hydrogen (secondary N) is 3. The highest BCUT2D eigenvalue weighted by Gasteiger charge is 2.39. The maximum absolute atomic E-state index is 12.7. The number of rotatable bonds is 3. The molecule has 150 valence electrons. The van der Waals surface area contributed by atoms with E-state index in [1.165, 1.54) is 11.1 Å². The van der Waals surface area contributed by atoms with E-state index in [2.05, 4.69) is 25.8 Å². The molecule has 2 aliphatic rings. The quantitative estimate of drug-likeness (QED) is 0.556. The minimum absolute atomic E-state index is 0.200. The van der Waals surface area contributed by atoms with E-state index in [1.807, 2.05) is 0 Å². The first-order chi connectivity index (χ1) is 14.5. The van der Waals surface area contributed by atoms with E-state index in [9.17, 15) is 19.2 Å². The third kappa shape index (κ3) is 2.98. The summed E-state index contributed by atoms with van der Waals surface area (Å²) < 4.78 is 0. The van der Waals surface area contributed by atoms with E-state index in [4.69, 9.17) is 0 Å². The number of aromatic nitrogens is 3. The van der Waals surface area contributed by atoms with Gasteiger partial charge in [0, 0.05) is 24.2 Å². The highest BCUT2D eigenvalue weighted by molar-refractivity contribution is 6.07. The Hall–Kier alpha value is -4.08. The van der Waals surface area contributed by atoms with Crippen molar-refractivity contribution in [3.05, 3.63) is 53.3 Å². The number of pyridine rings is 1. The molecule has 4 amide bonds. The summed E-state index contributed by atoms with van der Waals surface area (Å²) in [5.41, 5.74) is 3.27. The van der Waals surface area contributed by atoms with E-state index in [0.29, 0.717) is 28.8 Å². The first kappa shape index (κ1) is 18.0. The van der Waals surface area contributed by atoms with Crippen molar-refractivity contribution in [2.24, 2.45) is 0 Å². The number of H-pyrrole nitrogens is 1. The Balaban J connectivity index is 1.34. The standard InChI is InChI=1S/C20H16N6O4/c27-17-6-5-16(19(29)24-17)26-9-10-7-11(1-2-12(10)20(26)30)22-18(28)14-4-3-13-15(23-14)8-21-25-13/h1-4,7-8,16H,5-6,9H2,(H,21,25)(H,22,28)(H,24,27,29). The fraction of sp³-hybridized carbons (Fsp3) is 0.200. The van der Waals surface area contributed by atoms with Crippen LogP contribution in [0.4, 0.5) is 5.69 Å². The molecule has 1 aromatic carbocycles. The minimum atomic E-state index is -0.675. The van der Waals surface area contributed by atoms with Gasteiger partial charge in [-0.25, -0.2) is 4.98 Å². The number of imide groups is 1. The molecule has 30 heavy (non-hydrogen) atoms. The van der Waals surface area contributed by atoms with Gasteiger partial charge in [0.05, 0.1) is 11.7 Å². The molecule has 3 aromatic rings. The molecule has 10 heteroatoms. The van der Waals surface area contributed by atoms with E-state index < -0.39 is 11.9 Å². The topological polar surface area (TPSA) is 137 Å². The van der Waals surface area contributed by atoms with Crippen molar-refractivity contribution < 1.29 is 19.2 Å². The van der Waals surface area contributed by atoms with Gasteiger partial charge in [-0.2, -0.15) is 5.10 Å². The summed E-state index contributed by atoms with van der Waals surface area (Å²) >= 11 is 0. The highest BCUT2D eigenvalue weighted by Crippen LogP contribution is 2.29. The number of amides is 4. The molecule has 1 saturated heterocycles. The van der Waals surface area contributed by atoms with E-state index in [0.717, 1.165) is 5.52 Å². The Kier molecular flexibility index (Phi) is 4.05. The number of hydrogen-bond acceptors (Lipinski definition) is 6. The molecule has 3 N–H and O–H groups in total. The van der Waals surface area contributed by atoms with Crippen molar-refractivity contribution in [1.29, 1.82) is 0 Å². The minimum Gasteiger partial charge on any atom is -0.322 e. The van der Waals surface area contributed by atoms with Gasteiger partial charge in [0.15, 0.2) is 0 Å². The molecular formula is C20H16N6O4. The van der Waals surface area contributed by atoms with Crippen LogP contribution >= 0.6 is 0 Å². The molecule has 4 heterocycles. The van der Waals surface area contributed by atoms with Gasteiger partial charge in [-0.3, -0.25) is 29.6 Å². The number of benzene rings is 1. The Morgan fingerprint density at radius 1 is 1.17 bits per heavy atom. The van der Waals surface area contributed by atoms with Crippen LogP contribution < -0.4 is 10.6 Å². The van der Waals surface area contributed by atoms with Crippen molar-refractivity contribution in [3.63, 3.8) is 0 Å². The molecule has 2 aliphatic heterocycles. The molecule has 1 fully saturated rings. The second-order valence-corrected chi connectivity index (χ2v) is 7.23. The van der Waals surface area contributed by atoms with Gasteiger partial charge in [0.2, 0.25) is 11.8 Å². The smallest absolute Gasteiger partial charge is 0.274 e. The summed E-state index contributed by atoms with van der Waals surface area (Å²) in [6, 6.07) is 7.63. The lowest BCUT2D eigenvalue weighted by molar-refractivity contribution is -0.136. The van der Waals surface area contributed by atoms with Crippen LogP contribution in [0.25, 0.3) is 11.0 Å². The average Bonchev–Trinajstić information content (AvgIpc) is 3.32. The number of fused-ring (bicyclic) bond motifs is 2. The van der Waals surface area contributed by atoms with Crippen LogP contribution in [0.2, 0.25) is 0 Å². The van der Waals surface area contributed by atoms with Crippen molar-refractivity contribution >= 4 is 40.3 Å². The first-order valence-electron chi connectivity index (χ1n) is 9.38. The van der Waals surface area contributed by atoms with Gasteiger partial charge in [0.25, 0.3) is 11.8 Å². The second kappa shape index (κ2) is 6.76. The monoisotopic (exact) mass is 404 g/mol. The van der Waals surface area contributed by atoms with E-state index in [-0.39, 0.29) is 36.4 Å². The number of carbonyl (C=O) groups is 4. The molecule has 2 aromatic heterocycles. The summed E-state index contributed by atoms with van der Waals surface area (Å²) in [5.74, 6) is -1.43. The van der Waals surface area contributed by atoms with Gasteiger partial charge in [-0.15, -0.1) is 0 Å². The van der Waals surface area contributed by atoms with E-state index >= 15 is 0 Å². The molecule has 0 aliphatic carbocycles. The first-order valence-corrected chi connectivity index (χ1v) is 9.38. The lowest BCUT2D eigenvalue weighted by Crippen LogP contribution is -2.52. The van der Waals surface area contributed by atoms with Crippen LogP contribution in [0.15, 0.2) is 36.5 Å². The highest BCUT2D eigenvalue weighted by atomic mass is 16.2. The normalized spacial score (nSPS) is 18.5. The van der Waals surface area contributed by atoms with Gasteiger partial charge < -0.3 is 10.2 Å². The number of carbonyl (C=O) groups excluding carboxylic acids is 4. The van der Waals surface area contributed by atoms with Gasteiger partial charge >= 0.3 is 0 Å². The summed E-state index contributed by atoms with van der Waals surface area (Å²) in [5, 5.41) is 11.7. The number of piperidine rings is 1. The predicted octanol–water partition coefficient (Wildman–Crippen LogP) is 0.971. The summed E-state index contributed by atoms with van der Waals surface area (Å²) in [6.07, 6.45) is 2.04. The van der Waals surface area contributed by atoms with Crippen molar-refractivity contribution in [2.45, 2.75) is 25.4 Å². The summed E-state index contributed by atoms with van der Waals surface area (Å²) in [6.45, 7) is 0.239. The zero-order chi connectivity index (χ0) is 20.8. The molecule has 1 atom stereocenters. The predicted molar refractivity (Wildman–Crippen MR) is 104 cm³/mol. The van der Waals surface area contributed by atoms with Crippen LogP contribution in [0.3, 0.4) is 0 Å². The molecule has 0 spiro atoms. The van der Waals surface area contributed by atoms with Gasteiger partial charge in [0.1, 0.15) is 17.3 Å². The number of aromatic amines is 1. The Morgan fingerprint density at radius 2 is 2.03 bits per heavy atom. The summed E-state index contributed by atoms with van der Waals surface area (Å²) in [7, 11) is 0. The van der Waals surface area contributed by atoms with Crippen LogP contribution in [0.1, 0.15) is 39.3 Å². The summed E-state index contributed by atoms with van der Waals surface area (Å²) in [4.78, 5) is 54.5. The maximum Gasteiger partial charge on any atom is 0.274 e. The van der Waals surface area contributed by atoms with Crippen LogP contribution in [0.5, 0.6) is 0 Å². The zero-order valence-corrected chi connectivity index (χ0v) is 15.6. The molecule has 1 unspecified atom stereocenters. The SMILES string of the molecule is O=C1CCC(N2Cc3cc(NC(=O)c4ccc5[nH]ncc5n4)ccc3C2=O)C(=O)N1. The fourth-order valence-corrected chi connectivity index (χ4v) is 3.80. The second-order valence-electron chi connectivity index (χ2n) is 7.23. The largest absolute Gasteiger partial charge is 0.322 e. The Morgan fingerprint density at radius 3 is 2.87 bits per heavy atom. The van der Waals surface area contributed by atoms with Crippen molar-refractivity contribution in [1.82, 2.24) is 25.4 Å². The van der Waals surface area contributed by atoms with E-state index in [1.54, 1.807) is 30.3 Å². The lowest BCUT2D eigenvalue weighted by Gasteiger charge is -2.29. The number of hydrogen-bond donors (Lipinski definition) is 3. The Bertz CT molecular complexity index is 1230. The number of nitrogens with zero attached hydrogens (tertiary/aromatic N) is 3. The molecule has 5 rings (SSSR count).